The molecule has 20 heavy (non-hydrogen) atoms. The van der Waals surface area contributed by atoms with Crippen molar-refractivity contribution in [1.82, 2.24) is 4.98 Å². The Morgan fingerprint density at radius 1 is 1.25 bits per heavy atom. The number of carbonyl (C=O) groups is 1. The summed E-state index contributed by atoms with van der Waals surface area (Å²) in [5, 5.41) is 2.31. The van der Waals surface area contributed by atoms with E-state index in [2.05, 4.69) is 31.7 Å². The maximum Gasteiger partial charge on any atom is 0.274 e. The van der Waals surface area contributed by atoms with Crippen molar-refractivity contribution in [1.29, 1.82) is 0 Å². The molecule has 2 aromatic rings. The summed E-state index contributed by atoms with van der Waals surface area (Å²) in [4.78, 5) is 15.7. The summed E-state index contributed by atoms with van der Waals surface area (Å²) < 4.78 is 26.6. The van der Waals surface area contributed by atoms with E-state index in [0.29, 0.717) is 11.8 Å². The van der Waals surface area contributed by atoms with E-state index in [-0.39, 0.29) is 15.9 Å². The number of carbonyl (C=O) groups excluding carboxylic acids is 1. The highest BCUT2D eigenvalue weighted by atomic mass is 79.9. The fourth-order valence-electron chi connectivity index (χ4n) is 1.42. The van der Waals surface area contributed by atoms with Gasteiger partial charge in [0.1, 0.15) is 17.3 Å². The molecule has 1 amide bonds. The molecule has 5 nitrogen and oxygen atoms in total. The predicted octanol–water partition coefficient (Wildman–Crippen LogP) is 2.66. The third-order valence-corrected chi connectivity index (χ3v) is 3.03. The van der Waals surface area contributed by atoms with Crippen molar-refractivity contribution in [2.75, 3.05) is 10.7 Å². The first-order chi connectivity index (χ1) is 9.51. The topological polar surface area (TPSA) is 80.0 Å². The monoisotopic (exact) mass is 342 g/mol. The van der Waals surface area contributed by atoms with Gasteiger partial charge in [0.05, 0.1) is 22.0 Å². The molecule has 1 aromatic heterocycles. The Kier molecular flexibility index (Phi) is 4.26. The number of hydrazine groups is 1. The Morgan fingerprint density at radius 2 is 2.00 bits per heavy atom. The van der Waals surface area contributed by atoms with E-state index >= 15 is 0 Å². The lowest BCUT2D eigenvalue weighted by Crippen LogP contribution is -2.15. The first kappa shape index (κ1) is 14.4. The second-order valence-corrected chi connectivity index (χ2v) is 4.63. The Hall–Kier alpha value is -2.06. The van der Waals surface area contributed by atoms with Crippen LogP contribution in [0.15, 0.2) is 34.9 Å². The fourth-order valence-corrected chi connectivity index (χ4v) is 1.76. The van der Waals surface area contributed by atoms with Crippen LogP contribution < -0.4 is 16.6 Å². The standard InChI is InChI=1S/C12H9BrF2N4O/c13-7-3-11(9(15)4-8(7)14)18-12(20)10-2-1-6(19-16)5-17-10/h1-5,19H,16H2,(H,18,20). The minimum absolute atomic E-state index is 0.0461. The molecule has 0 fully saturated rings. The summed E-state index contributed by atoms with van der Waals surface area (Å²) in [6.45, 7) is 0. The van der Waals surface area contributed by atoms with Crippen molar-refractivity contribution in [3.05, 3.63) is 52.3 Å². The smallest absolute Gasteiger partial charge is 0.274 e. The number of amides is 1. The molecule has 0 aliphatic heterocycles. The van der Waals surface area contributed by atoms with E-state index in [1.807, 2.05) is 0 Å². The van der Waals surface area contributed by atoms with Gasteiger partial charge >= 0.3 is 0 Å². The third-order valence-electron chi connectivity index (χ3n) is 2.42. The summed E-state index contributed by atoms with van der Waals surface area (Å²) >= 11 is 2.91. The molecule has 0 unspecified atom stereocenters. The van der Waals surface area contributed by atoms with E-state index in [0.717, 1.165) is 6.07 Å². The number of pyridine rings is 1. The van der Waals surface area contributed by atoms with Crippen LogP contribution in [0.3, 0.4) is 0 Å². The van der Waals surface area contributed by atoms with E-state index in [1.165, 1.54) is 12.3 Å². The van der Waals surface area contributed by atoms with Crippen LogP contribution in [-0.4, -0.2) is 10.9 Å². The van der Waals surface area contributed by atoms with Gasteiger partial charge in [-0.05, 0) is 34.1 Å². The third kappa shape index (κ3) is 3.09. The lowest BCUT2D eigenvalue weighted by molar-refractivity contribution is 0.102. The molecule has 1 aromatic carbocycles. The predicted molar refractivity (Wildman–Crippen MR) is 74.1 cm³/mol. The summed E-state index contributed by atoms with van der Waals surface area (Å²) in [6.07, 6.45) is 1.35. The fraction of sp³-hybridized carbons (Fsp3) is 0. The average Bonchev–Trinajstić information content (AvgIpc) is 2.44. The van der Waals surface area contributed by atoms with Gasteiger partial charge in [0.25, 0.3) is 5.91 Å². The summed E-state index contributed by atoms with van der Waals surface area (Å²) in [5.74, 6) is 2.92. The van der Waals surface area contributed by atoms with Gasteiger partial charge in [0.15, 0.2) is 0 Å². The van der Waals surface area contributed by atoms with Gasteiger partial charge in [-0.1, -0.05) is 0 Å². The number of nitrogen functional groups attached to an aromatic ring is 1. The van der Waals surface area contributed by atoms with E-state index < -0.39 is 17.5 Å². The average molecular weight is 343 g/mol. The highest BCUT2D eigenvalue weighted by Gasteiger charge is 2.13. The van der Waals surface area contributed by atoms with Crippen molar-refractivity contribution in [2.24, 2.45) is 5.84 Å². The van der Waals surface area contributed by atoms with Gasteiger partial charge in [-0.15, -0.1) is 0 Å². The van der Waals surface area contributed by atoms with E-state index in [1.54, 1.807) is 6.07 Å². The van der Waals surface area contributed by atoms with E-state index in [9.17, 15) is 13.6 Å². The number of nitrogens with zero attached hydrogens (tertiary/aromatic N) is 1. The Labute approximate surface area is 121 Å². The maximum absolute atomic E-state index is 13.5. The van der Waals surface area contributed by atoms with Crippen LogP contribution in [0, 0.1) is 11.6 Å². The maximum atomic E-state index is 13.5. The lowest BCUT2D eigenvalue weighted by atomic mass is 10.2. The van der Waals surface area contributed by atoms with Crippen LogP contribution >= 0.6 is 15.9 Å². The zero-order valence-electron chi connectivity index (χ0n) is 9.95. The lowest BCUT2D eigenvalue weighted by Gasteiger charge is -2.07. The number of anilines is 2. The molecule has 0 saturated heterocycles. The minimum Gasteiger partial charge on any atom is -0.323 e. The van der Waals surface area contributed by atoms with Crippen molar-refractivity contribution in [3.8, 4) is 0 Å². The normalized spacial score (nSPS) is 10.2. The summed E-state index contributed by atoms with van der Waals surface area (Å²) in [5.41, 5.74) is 2.81. The number of nitrogens with one attached hydrogen (secondary N) is 2. The zero-order chi connectivity index (χ0) is 14.7. The number of hydrogen-bond donors (Lipinski definition) is 3. The number of halogens is 3. The van der Waals surface area contributed by atoms with Gasteiger partial charge in [0.2, 0.25) is 0 Å². The molecule has 1 heterocycles. The molecule has 0 bridgehead atoms. The minimum atomic E-state index is -0.876. The molecule has 104 valence electrons. The molecular formula is C12H9BrF2N4O. The highest BCUT2D eigenvalue weighted by molar-refractivity contribution is 9.10. The van der Waals surface area contributed by atoms with Crippen LogP contribution in [0.4, 0.5) is 20.2 Å². The van der Waals surface area contributed by atoms with Gasteiger partial charge in [-0.25, -0.2) is 13.8 Å². The largest absolute Gasteiger partial charge is 0.323 e. The molecule has 0 saturated carbocycles. The van der Waals surface area contributed by atoms with Gasteiger partial charge in [0, 0.05) is 6.07 Å². The number of rotatable bonds is 3. The molecule has 0 spiro atoms. The summed E-state index contributed by atoms with van der Waals surface area (Å²) in [7, 11) is 0. The van der Waals surface area contributed by atoms with Gasteiger partial charge in [-0.2, -0.15) is 0 Å². The van der Waals surface area contributed by atoms with Crippen molar-refractivity contribution >= 4 is 33.2 Å². The summed E-state index contributed by atoms with van der Waals surface area (Å²) in [6, 6.07) is 4.77. The van der Waals surface area contributed by atoms with Crippen molar-refractivity contribution < 1.29 is 13.6 Å². The molecule has 0 aliphatic carbocycles. The van der Waals surface area contributed by atoms with Crippen molar-refractivity contribution in [3.63, 3.8) is 0 Å². The quantitative estimate of drug-likeness (QED) is 0.455. The molecule has 0 radical (unpaired) electrons. The molecule has 8 heteroatoms. The molecule has 0 atom stereocenters. The SMILES string of the molecule is NNc1ccc(C(=O)Nc2cc(Br)c(F)cc2F)nc1. The highest BCUT2D eigenvalue weighted by Crippen LogP contribution is 2.24. The van der Waals surface area contributed by atoms with E-state index in [4.69, 9.17) is 5.84 Å². The van der Waals surface area contributed by atoms with Crippen LogP contribution in [0.25, 0.3) is 0 Å². The van der Waals surface area contributed by atoms with Crippen molar-refractivity contribution in [2.45, 2.75) is 0 Å². The Balaban J connectivity index is 2.20. The molecule has 0 aliphatic rings. The number of aromatic nitrogens is 1. The van der Waals surface area contributed by atoms with Gasteiger partial charge in [-0.3, -0.25) is 10.6 Å². The second-order valence-electron chi connectivity index (χ2n) is 3.78. The Morgan fingerprint density at radius 3 is 2.60 bits per heavy atom. The first-order valence-corrected chi connectivity index (χ1v) is 6.19. The number of benzene rings is 1. The van der Waals surface area contributed by atoms with Crippen LogP contribution in [0.5, 0.6) is 0 Å². The second kappa shape index (κ2) is 5.93. The molecule has 4 N–H and O–H groups in total. The zero-order valence-corrected chi connectivity index (χ0v) is 11.5. The molecule has 2 rings (SSSR count). The van der Waals surface area contributed by atoms with Gasteiger partial charge < -0.3 is 10.7 Å². The Bertz CT molecular complexity index is 649. The van der Waals surface area contributed by atoms with Crippen LogP contribution in [0.1, 0.15) is 10.5 Å². The first-order valence-electron chi connectivity index (χ1n) is 5.40. The molecular weight excluding hydrogens is 334 g/mol. The number of hydrogen-bond acceptors (Lipinski definition) is 4. The van der Waals surface area contributed by atoms with Crippen LogP contribution in [0.2, 0.25) is 0 Å². The number of nitrogens with two attached hydrogens (primary N) is 1. The van der Waals surface area contributed by atoms with Crippen LogP contribution in [-0.2, 0) is 0 Å².